The second-order valence-corrected chi connectivity index (χ2v) is 11.1. The lowest BCUT2D eigenvalue weighted by Gasteiger charge is -2.14. The first-order valence-corrected chi connectivity index (χ1v) is 13.0. The zero-order chi connectivity index (χ0) is 28.3. The van der Waals surface area contributed by atoms with Crippen molar-refractivity contribution in [3.05, 3.63) is 71.3 Å². The van der Waals surface area contributed by atoms with Crippen molar-refractivity contribution in [1.29, 1.82) is 0 Å². The Hall–Kier alpha value is -4.99. The highest BCUT2D eigenvalue weighted by atomic mass is 16.4. The van der Waals surface area contributed by atoms with E-state index in [-0.39, 0.29) is 0 Å². The summed E-state index contributed by atoms with van der Waals surface area (Å²) in [5, 5.41) is 19.9. The van der Waals surface area contributed by atoms with Crippen molar-refractivity contribution in [2.45, 2.75) is 13.8 Å². The van der Waals surface area contributed by atoms with Crippen LogP contribution in [0.1, 0.15) is 36.6 Å². The second kappa shape index (κ2) is 7.56. The average molecular weight is 538 g/mol. The number of carbonyl (C=O) groups is 2. The maximum Gasteiger partial charge on any atom is 0.385 e. The van der Waals surface area contributed by atoms with Gasteiger partial charge in [0.15, 0.2) is 16.9 Å². The van der Waals surface area contributed by atoms with Crippen molar-refractivity contribution in [2.24, 2.45) is 32.0 Å². The van der Waals surface area contributed by atoms with Crippen molar-refractivity contribution >= 4 is 64.6 Å². The van der Waals surface area contributed by atoms with Gasteiger partial charge in [0.2, 0.25) is 0 Å². The smallest absolute Gasteiger partial charge is 0.385 e. The van der Waals surface area contributed by atoms with Gasteiger partial charge >= 0.3 is 29.3 Å². The highest BCUT2D eigenvalue weighted by Crippen LogP contribution is 2.33. The molecule has 200 valence electrons. The lowest BCUT2D eigenvalue weighted by molar-refractivity contribution is -0.655. The molecule has 2 aliphatic carbocycles. The zero-order valence-corrected chi connectivity index (χ0v) is 22.8. The van der Waals surface area contributed by atoms with Gasteiger partial charge in [0.1, 0.15) is 27.7 Å². The van der Waals surface area contributed by atoms with Crippen LogP contribution in [0.5, 0.6) is 0 Å². The molecule has 4 heterocycles. The lowest BCUT2D eigenvalue weighted by Crippen LogP contribution is -2.37. The molecule has 0 radical (unpaired) electrons. The summed E-state index contributed by atoms with van der Waals surface area (Å²) in [5.74, 6) is 0.783. The highest BCUT2D eigenvalue weighted by molar-refractivity contribution is 5.86. The van der Waals surface area contributed by atoms with Crippen LogP contribution in [-0.2, 0) is 30.7 Å². The number of aryl methyl sites for hydroxylation is 3. The summed E-state index contributed by atoms with van der Waals surface area (Å²) in [6, 6.07) is 8.19. The lowest BCUT2D eigenvalue weighted by atomic mass is 9.90. The number of hydrogen-bond donors (Lipinski definition) is 2. The van der Waals surface area contributed by atoms with Gasteiger partial charge in [-0.2, -0.15) is 0 Å². The maximum absolute atomic E-state index is 12.1. The molecule has 10 heteroatoms. The van der Waals surface area contributed by atoms with Crippen LogP contribution < -0.4 is 13.7 Å². The molecule has 1 aromatic carbocycles. The Morgan fingerprint density at radius 2 is 1.07 bits per heavy atom. The number of para-hydroxylation sites is 2. The van der Waals surface area contributed by atoms with E-state index in [1.807, 2.05) is 57.6 Å². The number of aliphatic carboxylic acids is 2. The van der Waals surface area contributed by atoms with Crippen LogP contribution in [0.25, 0.3) is 52.7 Å². The number of hydrogen-bond acceptors (Lipinski definition) is 2. The van der Waals surface area contributed by atoms with Gasteiger partial charge in [-0.05, 0) is 50.3 Å². The molecule has 4 aromatic heterocycles. The van der Waals surface area contributed by atoms with Gasteiger partial charge in [0.25, 0.3) is 0 Å². The fourth-order valence-corrected chi connectivity index (χ4v) is 6.07. The van der Waals surface area contributed by atoms with Gasteiger partial charge < -0.3 is 10.2 Å². The molecule has 5 aromatic rings. The van der Waals surface area contributed by atoms with E-state index in [0.717, 1.165) is 51.1 Å². The van der Waals surface area contributed by atoms with E-state index in [9.17, 15) is 19.8 Å². The van der Waals surface area contributed by atoms with Crippen LogP contribution in [0.3, 0.4) is 0 Å². The predicted octanol–water partition coefficient (Wildman–Crippen LogP) is 2.33. The summed E-state index contributed by atoms with van der Waals surface area (Å²) in [6.45, 7) is 3.37. The minimum atomic E-state index is -1.15. The van der Waals surface area contributed by atoms with E-state index in [1.54, 1.807) is 38.2 Å². The molecule has 40 heavy (non-hydrogen) atoms. The van der Waals surface area contributed by atoms with Crippen LogP contribution in [0.15, 0.2) is 48.6 Å². The normalized spacial score (nSPS) is 21.8. The monoisotopic (exact) mass is 537 g/mol. The molecule has 0 saturated carbocycles. The second-order valence-electron chi connectivity index (χ2n) is 11.1. The molecule has 2 atom stereocenters. The van der Waals surface area contributed by atoms with Gasteiger partial charge in [-0.15, -0.1) is 13.2 Å². The fraction of sp³-hybridized carbons (Fsp3) is 0.233. The summed E-state index contributed by atoms with van der Waals surface area (Å²) >= 11 is 0. The van der Waals surface area contributed by atoms with Crippen molar-refractivity contribution in [3.63, 3.8) is 0 Å². The molecule has 0 spiro atoms. The molecule has 2 N–H and O–H groups in total. The van der Waals surface area contributed by atoms with Crippen LogP contribution in [-0.4, -0.2) is 35.4 Å². The topological polar surface area (TPSA) is 99.5 Å². The third-order valence-corrected chi connectivity index (χ3v) is 8.58. The van der Waals surface area contributed by atoms with Crippen LogP contribution >= 0.6 is 0 Å². The average Bonchev–Trinajstić information content (AvgIpc) is 3.34. The molecule has 2 unspecified atom stereocenters. The van der Waals surface area contributed by atoms with E-state index in [2.05, 4.69) is 39.0 Å². The first-order valence-electron chi connectivity index (χ1n) is 13.0. The summed E-state index contributed by atoms with van der Waals surface area (Å²) in [6.07, 6.45) is 14.4. The van der Waals surface area contributed by atoms with Gasteiger partial charge in [0, 0.05) is 0 Å². The summed E-state index contributed by atoms with van der Waals surface area (Å²) in [5.41, 5.74) is 3.17. The van der Waals surface area contributed by atoms with Crippen molar-refractivity contribution in [3.8, 4) is 0 Å². The van der Waals surface area contributed by atoms with E-state index >= 15 is 0 Å². The van der Waals surface area contributed by atoms with Crippen LogP contribution in [0.4, 0.5) is 0 Å². The zero-order valence-electron chi connectivity index (χ0n) is 22.8. The molecule has 0 saturated heterocycles. The number of carboxylic acids is 2. The Kier molecular flexibility index (Phi) is 4.55. The minimum Gasteiger partial charge on any atom is -0.480 e. The number of aromatic nitrogens is 6. The van der Waals surface area contributed by atoms with Gasteiger partial charge in [-0.3, -0.25) is 9.59 Å². The number of fused-ring (bicyclic) bond motifs is 12. The van der Waals surface area contributed by atoms with E-state index in [0.29, 0.717) is 0 Å². The van der Waals surface area contributed by atoms with E-state index < -0.39 is 22.8 Å². The number of imidazole rings is 3. The van der Waals surface area contributed by atoms with Gasteiger partial charge in [0.05, 0.1) is 21.1 Å². The molecule has 2 aliphatic rings. The summed E-state index contributed by atoms with van der Waals surface area (Å²) in [7, 11) is 5.99. The SMILES string of the molecule is C[n+]1c2c(n3c1n1c4c([n+](C)c1n1c5ccccc5[n+](C)c31)C=CC(C)(C(=O)O)C=C4)C=CC(C)(C(=O)O)C=C2. The Balaban J connectivity index is 1.75. The van der Waals surface area contributed by atoms with Gasteiger partial charge in [-0.1, -0.05) is 36.4 Å². The number of rotatable bonds is 2. The molecule has 0 fully saturated rings. The van der Waals surface area contributed by atoms with Crippen LogP contribution in [0.2, 0.25) is 0 Å². The molecule has 0 amide bonds. The van der Waals surface area contributed by atoms with Gasteiger partial charge in [-0.25, -0.2) is 13.7 Å². The standard InChI is InChI=1S/C30H27N6O4/c1-29(24(37)38)14-10-19-23(13-17-29)36-27(32(19)4)34-21-9-7-6-8-18(21)31(3)26(34)35-22-12-16-30(2,25(39)40)15-11-20(22)33(5)28(35)36/h6-17H,1-5H3/q+1/p+2. The Bertz CT molecular complexity index is 2140. The maximum atomic E-state index is 12.1. The third kappa shape index (κ3) is 2.79. The molecule has 10 nitrogen and oxygen atoms in total. The largest absolute Gasteiger partial charge is 0.480 e. The minimum absolute atomic E-state index is 0.841. The van der Waals surface area contributed by atoms with E-state index in [1.165, 1.54) is 0 Å². The van der Waals surface area contributed by atoms with Crippen molar-refractivity contribution in [2.75, 3.05) is 0 Å². The molecule has 7 rings (SSSR count). The molecule has 0 bridgehead atoms. The Labute approximate surface area is 228 Å². The fourth-order valence-electron chi connectivity index (χ4n) is 6.07. The highest BCUT2D eigenvalue weighted by Gasteiger charge is 2.39. The molecular weight excluding hydrogens is 508 g/mol. The van der Waals surface area contributed by atoms with Crippen molar-refractivity contribution < 1.29 is 33.5 Å². The first kappa shape index (κ1) is 24.1. The van der Waals surface area contributed by atoms with Crippen molar-refractivity contribution in [1.82, 2.24) is 13.2 Å². The summed E-state index contributed by atoms with van der Waals surface area (Å²) < 4.78 is 12.8. The molecular formula is C30H29N6O4+3. The number of nitrogens with zero attached hydrogens (tertiary/aromatic N) is 6. The number of benzene rings is 1. The Morgan fingerprint density at radius 3 is 1.57 bits per heavy atom. The quantitative estimate of drug-likeness (QED) is 0.338. The Morgan fingerprint density at radius 1 is 0.650 bits per heavy atom. The first-order chi connectivity index (χ1) is 19.0. The molecule has 0 aliphatic heterocycles. The third-order valence-electron chi connectivity index (χ3n) is 8.58. The van der Waals surface area contributed by atoms with E-state index in [4.69, 9.17) is 0 Å². The number of carboxylic acid groups (broad SMARTS) is 2. The summed E-state index contributed by atoms with van der Waals surface area (Å²) in [4.78, 5) is 24.2. The predicted molar refractivity (Wildman–Crippen MR) is 148 cm³/mol. The van der Waals surface area contributed by atoms with Crippen LogP contribution in [0, 0.1) is 10.8 Å².